The molecule has 0 amide bonds. The first-order valence-electron chi connectivity index (χ1n) is 3.53. The summed E-state index contributed by atoms with van der Waals surface area (Å²) in [6.07, 6.45) is 1.98. The molecule has 0 saturated carbocycles. The third-order valence-corrected chi connectivity index (χ3v) is 1.91. The summed E-state index contributed by atoms with van der Waals surface area (Å²) in [6.45, 7) is 2.16. The van der Waals surface area contributed by atoms with E-state index in [1.54, 1.807) is 0 Å². The van der Waals surface area contributed by atoms with Gasteiger partial charge in [-0.15, -0.1) is 0 Å². The van der Waals surface area contributed by atoms with Crippen molar-refractivity contribution in [3.63, 3.8) is 0 Å². The van der Waals surface area contributed by atoms with Crippen LogP contribution in [0.25, 0.3) is 0 Å². The van der Waals surface area contributed by atoms with Crippen LogP contribution in [0.4, 0.5) is 0 Å². The Morgan fingerprint density at radius 2 is 2.40 bits per heavy atom. The first-order chi connectivity index (χ1) is 4.86. The molecule has 0 aromatic carbocycles. The number of rotatable bonds is 0. The topological polar surface area (TPSA) is 17.4 Å². The molecular weight excluding hydrogens is 124 g/mol. The summed E-state index contributed by atoms with van der Waals surface area (Å²) < 4.78 is 0. The second-order valence-electron chi connectivity index (χ2n) is 2.85. The number of H-pyrrole nitrogens is 1. The molecule has 10 heavy (non-hydrogen) atoms. The molecule has 2 heteroatoms. The number of pyridine rings is 1. The zero-order chi connectivity index (χ0) is 6.97. The van der Waals surface area contributed by atoms with Crippen LogP contribution in [0.3, 0.4) is 0 Å². The molecule has 0 radical (unpaired) electrons. The van der Waals surface area contributed by atoms with Crippen molar-refractivity contribution in [1.29, 1.82) is 0 Å². The maximum Gasteiger partial charge on any atom is 0.198 e. The Kier molecular flexibility index (Phi) is 1.21. The number of nitrogens with zero attached hydrogens (tertiary/aromatic N) is 1. The van der Waals surface area contributed by atoms with Crippen LogP contribution in [-0.4, -0.2) is 11.9 Å². The molecule has 0 spiro atoms. The Bertz CT molecular complexity index is 220. The smallest absolute Gasteiger partial charge is 0.198 e. The van der Waals surface area contributed by atoms with Gasteiger partial charge in [0.2, 0.25) is 0 Å². The van der Waals surface area contributed by atoms with E-state index in [9.17, 15) is 0 Å². The van der Waals surface area contributed by atoms with Gasteiger partial charge in [-0.1, -0.05) is 0 Å². The molecule has 1 aromatic rings. The SMILES string of the molecule is CN1Cc2ccc[nH+]c2C1. The van der Waals surface area contributed by atoms with Gasteiger partial charge in [0, 0.05) is 18.2 Å². The third kappa shape index (κ3) is 0.809. The lowest BCUT2D eigenvalue weighted by molar-refractivity contribution is -0.391. The van der Waals surface area contributed by atoms with Gasteiger partial charge >= 0.3 is 0 Å². The average molecular weight is 135 g/mol. The summed E-state index contributed by atoms with van der Waals surface area (Å²) in [7, 11) is 2.13. The Hall–Kier alpha value is -0.890. The Morgan fingerprint density at radius 3 is 3.20 bits per heavy atom. The van der Waals surface area contributed by atoms with Gasteiger partial charge in [-0.25, -0.2) is 4.98 Å². The Labute approximate surface area is 60.5 Å². The fourth-order valence-corrected chi connectivity index (χ4v) is 1.42. The average Bonchev–Trinajstić information content (AvgIpc) is 2.27. The molecule has 0 bridgehead atoms. The van der Waals surface area contributed by atoms with Crippen LogP contribution in [0, 0.1) is 0 Å². The van der Waals surface area contributed by atoms with Crippen molar-refractivity contribution < 1.29 is 4.98 Å². The van der Waals surface area contributed by atoms with E-state index >= 15 is 0 Å². The van der Waals surface area contributed by atoms with Gasteiger partial charge < -0.3 is 0 Å². The minimum Gasteiger partial charge on any atom is -0.292 e. The fourth-order valence-electron chi connectivity index (χ4n) is 1.42. The lowest BCUT2D eigenvalue weighted by atomic mass is 10.2. The Balaban J connectivity index is 2.42. The van der Waals surface area contributed by atoms with E-state index in [1.165, 1.54) is 11.3 Å². The molecule has 2 heterocycles. The largest absolute Gasteiger partial charge is 0.292 e. The van der Waals surface area contributed by atoms with Crippen LogP contribution in [-0.2, 0) is 13.1 Å². The van der Waals surface area contributed by atoms with Crippen LogP contribution in [0.1, 0.15) is 11.3 Å². The highest BCUT2D eigenvalue weighted by Crippen LogP contribution is 2.15. The van der Waals surface area contributed by atoms with Gasteiger partial charge in [0.1, 0.15) is 0 Å². The van der Waals surface area contributed by atoms with E-state index in [-0.39, 0.29) is 0 Å². The molecule has 52 valence electrons. The molecule has 1 aliphatic rings. The van der Waals surface area contributed by atoms with E-state index < -0.39 is 0 Å². The molecule has 0 aliphatic carbocycles. The molecule has 2 nitrogen and oxygen atoms in total. The van der Waals surface area contributed by atoms with Crippen molar-refractivity contribution in [1.82, 2.24) is 4.90 Å². The first kappa shape index (κ1) is 5.86. The molecule has 0 atom stereocenters. The molecule has 1 N–H and O–H groups in total. The summed E-state index contributed by atoms with van der Waals surface area (Å²) in [5, 5.41) is 0. The first-order valence-corrected chi connectivity index (χ1v) is 3.53. The lowest BCUT2D eigenvalue weighted by Crippen LogP contribution is -2.12. The number of aromatic amines is 1. The van der Waals surface area contributed by atoms with Gasteiger partial charge in [-0.05, 0) is 13.1 Å². The zero-order valence-electron chi connectivity index (χ0n) is 6.09. The van der Waals surface area contributed by atoms with Gasteiger partial charge in [0.05, 0.1) is 6.54 Å². The van der Waals surface area contributed by atoms with E-state index in [0.717, 1.165) is 13.1 Å². The highest BCUT2D eigenvalue weighted by Gasteiger charge is 2.19. The van der Waals surface area contributed by atoms with E-state index in [2.05, 4.69) is 29.1 Å². The van der Waals surface area contributed by atoms with E-state index in [0.29, 0.717) is 0 Å². The van der Waals surface area contributed by atoms with Crippen LogP contribution in [0.2, 0.25) is 0 Å². The van der Waals surface area contributed by atoms with Crippen LogP contribution in [0.5, 0.6) is 0 Å². The second kappa shape index (κ2) is 2.06. The lowest BCUT2D eigenvalue weighted by Gasteiger charge is -2.00. The summed E-state index contributed by atoms with van der Waals surface area (Å²) in [6, 6.07) is 4.23. The van der Waals surface area contributed by atoms with Crippen LogP contribution < -0.4 is 4.98 Å². The predicted octanol–water partition coefficient (Wildman–Crippen LogP) is 0.446. The monoisotopic (exact) mass is 135 g/mol. The highest BCUT2D eigenvalue weighted by molar-refractivity contribution is 5.18. The normalized spacial score (nSPS) is 17.3. The molecule has 0 fully saturated rings. The molecular formula is C8H11N2+. The van der Waals surface area contributed by atoms with Gasteiger partial charge in [-0.3, -0.25) is 4.90 Å². The van der Waals surface area contributed by atoms with Crippen molar-refractivity contribution in [3.05, 3.63) is 29.6 Å². The standard InChI is InChI=1S/C8H10N2/c1-10-5-7-3-2-4-9-8(7)6-10/h2-4H,5-6H2,1H3/p+1. The van der Waals surface area contributed by atoms with Crippen molar-refractivity contribution in [2.24, 2.45) is 0 Å². The summed E-state index contributed by atoms with van der Waals surface area (Å²) >= 11 is 0. The molecule has 2 rings (SSSR count). The van der Waals surface area contributed by atoms with E-state index in [1.807, 2.05) is 6.20 Å². The molecule has 0 unspecified atom stereocenters. The van der Waals surface area contributed by atoms with Crippen molar-refractivity contribution in [3.8, 4) is 0 Å². The highest BCUT2D eigenvalue weighted by atomic mass is 15.1. The van der Waals surface area contributed by atoms with Gasteiger partial charge in [0.25, 0.3) is 0 Å². The molecule has 1 aliphatic heterocycles. The third-order valence-electron chi connectivity index (χ3n) is 1.91. The van der Waals surface area contributed by atoms with Gasteiger partial charge in [-0.2, -0.15) is 0 Å². The summed E-state index contributed by atoms with van der Waals surface area (Å²) in [5.41, 5.74) is 2.80. The van der Waals surface area contributed by atoms with Crippen LogP contribution >= 0.6 is 0 Å². The maximum absolute atomic E-state index is 3.24. The number of hydrogen-bond donors (Lipinski definition) is 0. The molecule has 1 aromatic heterocycles. The van der Waals surface area contributed by atoms with Crippen molar-refractivity contribution in [2.45, 2.75) is 13.1 Å². The van der Waals surface area contributed by atoms with Crippen LogP contribution in [0.15, 0.2) is 18.3 Å². The van der Waals surface area contributed by atoms with E-state index in [4.69, 9.17) is 0 Å². The molecule has 0 saturated heterocycles. The maximum atomic E-state index is 3.24. The zero-order valence-corrected chi connectivity index (χ0v) is 6.09. The van der Waals surface area contributed by atoms with Crippen molar-refractivity contribution >= 4 is 0 Å². The number of nitrogens with one attached hydrogen (secondary N) is 1. The minimum absolute atomic E-state index is 1.07. The number of fused-ring (bicyclic) bond motifs is 1. The number of aromatic nitrogens is 1. The predicted molar refractivity (Wildman–Crippen MR) is 38.2 cm³/mol. The van der Waals surface area contributed by atoms with Gasteiger partial charge in [0.15, 0.2) is 11.9 Å². The number of hydrogen-bond acceptors (Lipinski definition) is 1. The second-order valence-corrected chi connectivity index (χ2v) is 2.85. The minimum atomic E-state index is 1.07. The van der Waals surface area contributed by atoms with Crippen molar-refractivity contribution in [2.75, 3.05) is 7.05 Å². The quantitative estimate of drug-likeness (QED) is 0.505. The summed E-state index contributed by atoms with van der Waals surface area (Å²) in [5.74, 6) is 0. The summed E-state index contributed by atoms with van der Waals surface area (Å²) in [4.78, 5) is 5.53. The Morgan fingerprint density at radius 1 is 1.50 bits per heavy atom. The fraction of sp³-hybridized carbons (Fsp3) is 0.375.